The van der Waals surface area contributed by atoms with Crippen molar-refractivity contribution in [2.45, 2.75) is 56.8 Å². The second-order valence-corrected chi connectivity index (χ2v) is 7.10. The van der Waals surface area contributed by atoms with Crippen molar-refractivity contribution in [1.82, 2.24) is 4.90 Å². The molecule has 3 saturated heterocycles. The highest BCUT2D eigenvalue weighted by atomic mass is 16.5. The highest BCUT2D eigenvalue weighted by molar-refractivity contribution is 5.80. The highest BCUT2D eigenvalue weighted by Gasteiger charge is 2.47. The molecule has 4 heteroatoms. The second kappa shape index (κ2) is 6.16. The number of benzene rings is 1. The lowest BCUT2D eigenvalue weighted by atomic mass is 9.88. The van der Waals surface area contributed by atoms with Crippen LogP contribution in [0, 0.1) is 5.92 Å². The summed E-state index contributed by atoms with van der Waals surface area (Å²) in [5, 5.41) is 0. The van der Waals surface area contributed by atoms with E-state index in [0.717, 1.165) is 50.8 Å². The van der Waals surface area contributed by atoms with Crippen molar-refractivity contribution in [3.63, 3.8) is 0 Å². The monoisotopic (exact) mass is 315 g/mol. The summed E-state index contributed by atoms with van der Waals surface area (Å²) in [6.07, 6.45) is 6.80. The van der Waals surface area contributed by atoms with E-state index in [-0.39, 0.29) is 12.0 Å². The van der Waals surface area contributed by atoms with Crippen LogP contribution in [0.15, 0.2) is 24.3 Å². The van der Waals surface area contributed by atoms with Crippen LogP contribution in [-0.4, -0.2) is 42.7 Å². The maximum atomic E-state index is 13.0. The average molecular weight is 315 g/mol. The van der Waals surface area contributed by atoms with Crippen molar-refractivity contribution < 1.29 is 14.3 Å². The third kappa shape index (κ3) is 2.85. The zero-order valence-corrected chi connectivity index (χ0v) is 13.7. The Hall–Kier alpha value is -1.55. The van der Waals surface area contributed by atoms with Crippen LogP contribution < -0.4 is 4.74 Å². The lowest BCUT2D eigenvalue weighted by Gasteiger charge is -2.29. The highest BCUT2D eigenvalue weighted by Crippen LogP contribution is 2.40. The van der Waals surface area contributed by atoms with Crippen LogP contribution in [0.4, 0.5) is 0 Å². The van der Waals surface area contributed by atoms with Crippen molar-refractivity contribution in [2.75, 3.05) is 13.7 Å². The van der Waals surface area contributed by atoms with Gasteiger partial charge < -0.3 is 14.4 Å². The van der Waals surface area contributed by atoms with Gasteiger partial charge >= 0.3 is 0 Å². The number of carbonyl (C=O) groups excluding carboxylic acids is 1. The quantitative estimate of drug-likeness (QED) is 0.857. The minimum absolute atomic E-state index is 0.111. The van der Waals surface area contributed by atoms with Crippen molar-refractivity contribution >= 4 is 5.91 Å². The number of hydrogen-bond acceptors (Lipinski definition) is 3. The van der Waals surface area contributed by atoms with Crippen molar-refractivity contribution in [2.24, 2.45) is 5.92 Å². The van der Waals surface area contributed by atoms with Gasteiger partial charge in [0.25, 0.3) is 0 Å². The van der Waals surface area contributed by atoms with Gasteiger partial charge in [0.05, 0.1) is 25.2 Å². The van der Waals surface area contributed by atoms with Crippen molar-refractivity contribution in [1.29, 1.82) is 0 Å². The van der Waals surface area contributed by atoms with E-state index in [1.54, 1.807) is 7.11 Å². The summed E-state index contributed by atoms with van der Waals surface area (Å²) < 4.78 is 11.2. The van der Waals surface area contributed by atoms with Gasteiger partial charge in [0.15, 0.2) is 0 Å². The molecule has 3 aliphatic rings. The van der Waals surface area contributed by atoms with E-state index in [0.29, 0.717) is 18.1 Å². The number of likely N-dealkylation sites (tertiary alicyclic amines) is 1. The lowest BCUT2D eigenvalue weighted by molar-refractivity contribution is -0.138. The first-order valence-corrected chi connectivity index (χ1v) is 8.83. The minimum atomic E-state index is 0.111. The summed E-state index contributed by atoms with van der Waals surface area (Å²) >= 11 is 0. The third-order valence-corrected chi connectivity index (χ3v) is 5.69. The van der Waals surface area contributed by atoms with Gasteiger partial charge in [0.2, 0.25) is 5.91 Å². The molecule has 1 amide bonds. The normalized spacial score (nSPS) is 32.5. The molecular formula is C19H25NO3. The molecule has 4 rings (SSSR count). The molecule has 3 heterocycles. The Morgan fingerprint density at radius 1 is 1.35 bits per heavy atom. The number of nitrogens with zero attached hydrogens (tertiary/aromatic N) is 1. The van der Waals surface area contributed by atoms with Gasteiger partial charge in [-0.05, 0) is 56.2 Å². The standard InChI is InChI=1S/C19H25NO3/c1-22-15-6-2-4-13(11-15)10-14-5-3-9-20(14)19(21)17-12-16-7-8-18(17)23-16/h2,4,6,11,14,16-18H,3,5,7-10,12H2,1H3/t14-,16+,17-,18+/m0/s1. The summed E-state index contributed by atoms with van der Waals surface area (Å²) in [6.45, 7) is 0.904. The van der Waals surface area contributed by atoms with Gasteiger partial charge in [-0.3, -0.25) is 4.79 Å². The molecule has 0 saturated carbocycles. The summed E-state index contributed by atoms with van der Waals surface area (Å²) in [7, 11) is 1.69. The topological polar surface area (TPSA) is 38.8 Å². The summed E-state index contributed by atoms with van der Waals surface area (Å²) in [6, 6.07) is 8.53. The molecule has 23 heavy (non-hydrogen) atoms. The molecule has 4 atom stereocenters. The Balaban J connectivity index is 1.45. The fourth-order valence-corrected chi connectivity index (χ4v) is 4.52. The van der Waals surface area contributed by atoms with Gasteiger partial charge in [0, 0.05) is 12.6 Å². The first kappa shape index (κ1) is 15.0. The first-order valence-electron chi connectivity index (χ1n) is 8.83. The molecule has 0 unspecified atom stereocenters. The van der Waals surface area contributed by atoms with Gasteiger partial charge in [-0.25, -0.2) is 0 Å². The predicted molar refractivity (Wildman–Crippen MR) is 87.4 cm³/mol. The van der Waals surface area contributed by atoms with Crippen molar-refractivity contribution in [3.05, 3.63) is 29.8 Å². The maximum Gasteiger partial charge on any atom is 0.228 e. The van der Waals surface area contributed by atoms with Crippen LogP contribution in [0.1, 0.15) is 37.7 Å². The molecule has 0 spiro atoms. The van der Waals surface area contributed by atoms with E-state index in [1.165, 1.54) is 5.56 Å². The van der Waals surface area contributed by atoms with E-state index in [9.17, 15) is 4.79 Å². The van der Waals surface area contributed by atoms with Crippen LogP contribution >= 0.6 is 0 Å². The Bertz CT molecular complexity index is 588. The molecule has 0 aliphatic carbocycles. The summed E-state index contributed by atoms with van der Waals surface area (Å²) in [5.41, 5.74) is 1.25. The van der Waals surface area contributed by atoms with E-state index in [2.05, 4.69) is 17.0 Å². The third-order valence-electron chi connectivity index (χ3n) is 5.69. The molecule has 2 bridgehead atoms. The van der Waals surface area contributed by atoms with E-state index in [1.807, 2.05) is 12.1 Å². The number of rotatable bonds is 4. The Morgan fingerprint density at radius 2 is 2.26 bits per heavy atom. The molecule has 3 aliphatic heterocycles. The Kier molecular flexibility index (Phi) is 4.02. The van der Waals surface area contributed by atoms with Gasteiger partial charge in [-0.2, -0.15) is 0 Å². The van der Waals surface area contributed by atoms with Crippen LogP contribution in [0.25, 0.3) is 0 Å². The van der Waals surface area contributed by atoms with Crippen LogP contribution in [0.3, 0.4) is 0 Å². The van der Waals surface area contributed by atoms with E-state index >= 15 is 0 Å². The van der Waals surface area contributed by atoms with Crippen molar-refractivity contribution in [3.8, 4) is 5.75 Å². The summed E-state index contributed by atoms with van der Waals surface area (Å²) in [5.74, 6) is 1.34. The van der Waals surface area contributed by atoms with Gasteiger partial charge in [0.1, 0.15) is 5.75 Å². The van der Waals surface area contributed by atoms with Gasteiger partial charge in [-0.1, -0.05) is 12.1 Å². The van der Waals surface area contributed by atoms with E-state index in [4.69, 9.17) is 9.47 Å². The Morgan fingerprint density at radius 3 is 3.00 bits per heavy atom. The number of methoxy groups -OCH3 is 1. The number of hydrogen-bond donors (Lipinski definition) is 0. The van der Waals surface area contributed by atoms with Crippen LogP contribution in [0.5, 0.6) is 5.75 Å². The molecule has 4 nitrogen and oxygen atoms in total. The second-order valence-electron chi connectivity index (χ2n) is 7.10. The molecular weight excluding hydrogens is 290 g/mol. The molecule has 3 fully saturated rings. The largest absolute Gasteiger partial charge is 0.497 e. The zero-order chi connectivity index (χ0) is 15.8. The van der Waals surface area contributed by atoms with Crippen LogP contribution in [-0.2, 0) is 16.0 Å². The molecule has 0 radical (unpaired) electrons. The first-order chi connectivity index (χ1) is 11.2. The lowest BCUT2D eigenvalue weighted by Crippen LogP contribution is -2.43. The maximum absolute atomic E-state index is 13.0. The number of amides is 1. The molecule has 0 aromatic heterocycles. The minimum Gasteiger partial charge on any atom is -0.497 e. The average Bonchev–Trinajstić information content (AvgIpc) is 3.31. The molecule has 124 valence electrons. The molecule has 0 N–H and O–H groups in total. The number of fused-ring (bicyclic) bond motifs is 2. The fraction of sp³-hybridized carbons (Fsp3) is 0.632. The number of ether oxygens (including phenoxy) is 2. The smallest absolute Gasteiger partial charge is 0.228 e. The zero-order valence-electron chi connectivity index (χ0n) is 13.7. The molecule has 1 aromatic carbocycles. The summed E-state index contributed by atoms with van der Waals surface area (Å²) in [4.78, 5) is 15.1. The predicted octanol–water partition coefficient (Wildman–Crippen LogP) is 2.80. The van der Waals surface area contributed by atoms with Crippen LogP contribution in [0.2, 0.25) is 0 Å². The van der Waals surface area contributed by atoms with E-state index < -0.39 is 0 Å². The molecule has 1 aromatic rings. The Labute approximate surface area is 137 Å². The number of carbonyl (C=O) groups is 1. The van der Waals surface area contributed by atoms with Gasteiger partial charge in [-0.15, -0.1) is 0 Å². The fourth-order valence-electron chi connectivity index (χ4n) is 4.52. The SMILES string of the molecule is COc1cccc(C[C@@H]2CCCN2C(=O)[C@H]2C[C@H]3CC[C@H]2O3)c1.